The Labute approximate surface area is 258 Å². The highest BCUT2D eigenvalue weighted by molar-refractivity contribution is 6.30. The maximum Gasteiger partial charge on any atom is 0.319 e. The standard InChI is InChI=1S/C30H31ClN8O5/c1-33-35-19-39(32)26-13-8-22(31)18-21(26)7-14-27(40)38-25(17-20-5-3-2-4-6-20)29(43)36-23-9-11-24(12-10-23)37-30(44)34-16-15-28(41)42/h2-14,18-19,25H,1,15-17,32H2,(H,36,43)(H,38,40)(H,41,42)(H2,34,37,44)/b14-7+,35-19-/t25-/m0/s1. The van der Waals surface area contributed by atoms with Gasteiger partial charge in [-0.3, -0.25) is 19.4 Å². The number of nitrogens with two attached hydrogens (primary N) is 1. The van der Waals surface area contributed by atoms with Crippen LogP contribution in [0.4, 0.5) is 21.9 Å². The van der Waals surface area contributed by atoms with Crippen molar-refractivity contribution in [3.05, 3.63) is 95.0 Å². The number of benzene rings is 3. The second-order valence-corrected chi connectivity index (χ2v) is 9.59. The molecule has 0 unspecified atom stereocenters. The summed E-state index contributed by atoms with van der Waals surface area (Å²) in [5.41, 5.74) is 2.69. The molecular weight excluding hydrogens is 588 g/mol. The number of carboxylic acids is 1. The first kappa shape index (κ1) is 33.0. The maximum absolute atomic E-state index is 13.3. The van der Waals surface area contributed by atoms with Gasteiger partial charge in [0.2, 0.25) is 11.8 Å². The van der Waals surface area contributed by atoms with Crippen LogP contribution in [-0.2, 0) is 20.8 Å². The number of aliphatic carboxylic acids is 1. The van der Waals surface area contributed by atoms with Gasteiger partial charge in [-0.05, 0) is 54.1 Å². The Morgan fingerprint density at radius 2 is 1.68 bits per heavy atom. The van der Waals surface area contributed by atoms with E-state index in [9.17, 15) is 19.2 Å². The van der Waals surface area contributed by atoms with Gasteiger partial charge >= 0.3 is 12.0 Å². The molecule has 0 aromatic heterocycles. The van der Waals surface area contributed by atoms with Crippen molar-refractivity contribution in [1.82, 2.24) is 10.6 Å². The molecule has 0 radical (unpaired) electrons. The Morgan fingerprint density at radius 3 is 2.34 bits per heavy atom. The van der Waals surface area contributed by atoms with E-state index in [1.807, 2.05) is 30.3 Å². The summed E-state index contributed by atoms with van der Waals surface area (Å²) >= 11 is 6.15. The molecule has 3 rings (SSSR count). The van der Waals surface area contributed by atoms with Crippen molar-refractivity contribution in [3.63, 3.8) is 0 Å². The summed E-state index contributed by atoms with van der Waals surface area (Å²) in [5, 5.41) is 27.8. The second-order valence-electron chi connectivity index (χ2n) is 9.16. The first-order valence-electron chi connectivity index (χ1n) is 13.2. The lowest BCUT2D eigenvalue weighted by molar-refractivity contribution is -0.136. The predicted molar refractivity (Wildman–Crippen MR) is 172 cm³/mol. The Kier molecular flexibility index (Phi) is 12.6. The van der Waals surface area contributed by atoms with Gasteiger partial charge in [-0.2, -0.15) is 5.10 Å². The Hall–Kier alpha value is -5.53. The molecule has 0 aliphatic heterocycles. The maximum atomic E-state index is 13.3. The molecule has 0 aliphatic carbocycles. The fourth-order valence-corrected chi connectivity index (χ4v) is 4.00. The van der Waals surface area contributed by atoms with Crippen LogP contribution in [0.2, 0.25) is 5.02 Å². The largest absolute Gasteiger partial charge is 0.481 e. The van der Waals surface area contributed by atoms with E-state index in [-0.39, 0.29) is 19.4 Å². The van der Waals surface area contributed by atoms with E-state index in [1.165, 1.54) is 23.5 Å². The first-order valence-corrected chi connectivity index (χ1v) is 13.5. The summed E-state index contributed by atoms with van der Waals surface area (Å²) < 4.78 is 0. The molecule has 0 saturated carbocycles. The zero-order valence-corrected chi connectivity index (χ0v) is 24.2. The van der Waals surface area contributed by atoms with Crippen LogP contribution >= 0.6 is 11.6 Å². The van der Waals surface area contributed by atoms with Gasteiger partial charge in [-0.1, -0.05) is 41.9 Å². The van der Waals surface area contributed by atoms with Crippen LogP contribution < -0.4 is 32.1 Å². The lowest BCUT2D eigenvalue weighted by Gasteiger charge is -2.18. The lowest BCUT2D eigenvalue weighted by atomic mass is 10.0. The van der Waals surface area contributed by atoms with Crippen LogP contribution in [-0.4, -0.2) is 54.6 Å². The minimum Gasteiger partial charge on any atom is -0.481 e. The normalized spacial score (nSPS) is 11.5. The highest BCUT2D eigenvalue weighted by Gasteiger charge is 2.21. The van der Waals surface area contributed by atoms with Gasteiger partial charge in [0, 0.05) is 47.7 Å². The molecule has 3 aromatic carbocycles. The van der Waals surface area contributed by atoms with Crippen molar-refractivity contribution < 1.29 is 24.3 Å². The highest BCUT2D eigenvalue weighted by atomic mass is 35.5. The number of nitrogens with one attached hydrogen (secondary N) is 4. The smallest absolute Gasteiger partial charge is 0.319 e. The Bertz CT molecular complexity index is 1530. The fraction of sp³-hybridized carbons (Fsp3) is 0.133. The molecule has 0 bridgehead atoms. The quantitative estimate of drug-likeness (QED) is 0.0522. The molecule has 0 saturated heterocycles. The van der Waals surface area contributed by atoms with Gasteiger partial charge in [0.25, 0.3) is 0 Å². The number of carbonyl (C=O) groups is 4. The van der Waals surface area contributed by atoms with E-state index in [0.717, 1.165) is 5.56 Å². The number of nitrogens with zero attached hydrogens (tertiary/aromatic N) is 3. The molecule has 0 fully saturated rings. The van der Waals surface area contributed by atoms with Crippen LogP contribution in [0.15, 0.2) is 89.1 Å². The molecule has 3 aromatic rings. The monoisotopic (exact) mass is 618 g/mol. The average molecular weight is 619 g/mol. The van der Waals surface area contributed by atoms with Crippen molar-refractivity contribution in [2.24, 2.45) is 16.0 Å². The minimum atomic E-state index is -1.02. The number of carbonyl (C=O) groups excluding carboxylic acids is 3. The molecule has 14 heteroatoms. The van der Waals surface area contributed by atoms with Gasteiger partial charge in [0.05, 0.1) is 12.1 Å². The van der Waals surface area contributed by atoms with E-state index in [1.54, 1.807) is 42.5 Å². The number of halogens is 1. The van der Waals surface area contributed by atoms with Crippen molar-refractivity contribution in [3.8, 4) is 0 Å². The molecule has 0 spiro atoms. The van der Waals surface area contributed by atoms with Crippen LogP contribution in [0.1, 0.15) is 17.5 Å². The molecule has 4 amide bonds. The first-order chi connectivity index (χ1) is 21.1. The fourth-order valence-electron chi connectivity index (χ4n) is 3.82. The zero-order chi connectivity index (χ0) is 31.9. The van der Waals surface area contributed by atoms with Crippen LogP contribution in [0.25, 0.3) is 6.08 Å². The number of hydrazine groups is 1. The van der Waals surface area contributed by atoms with Crippen LogP contribution in [0, 0.1) is 0 Å². The molecule has 0 aliphatic rings. The zero-order valence-electron chi connectivity index (χ0n) is 23.4. The van der Waals surface area contributed by atoms with Crippen LogP contribution in [0.3, 0.4) is 0 Å². The van der Waals surface area contributed by atoms with Crippen molar-refractivity contribution in [1.29, 1.82) is 0 Å². The van der Waals surface area contributed by atoms with E-state index >= 15 is 0 Å². The van der Waals surface area contributed by atoms with Crippen LogP contribution in [0.5, 0.6) is 0 Å². The van der Waals surface area contributed by atoms with Crippen molar-refractivity contribution in [2.75, 3.05) is 22.2 Å². The van der Waals surface area contributed by atoms with Gasteiger partial charge in [-0.15, -0.1) is 5.10 Å². The predicted octanol–water partition coefficient (Wildman–Crippen LogP) is 3.64. The Balaban J connectivity index is 1.70. The van der Waals surface area contributed by atoms with E-state index in [4.69, 9.17) is 22.6 Å². The summed E-state index contributed by atoms with van der Waals surface area (Å²) in [4.78, 5) is 48.8. The second kappa shape index (κ2) is 16.8. The number of anilines is 3. The van der Waals surface area contributed by atoms with E-state index < -0.39 is 29.9 Å². The number of hydrogen-bond acceptors (Lipinski definition) is 7. The number of rotatable bonds is 14. The van der Waals surface area contributed by atoms with Gasteiger partial charge in [0.1, 0.15) is 12.4 Å². The molecule has 228 valence electrons. The SMILES string of the molecule is C=N/N=C\N(N)c1ccc(Cl)cc1/C=C/C(=O)N[C@@H](Cc1ccccc1)C(=O)Nc1ccc(NC(=O)NCCC(=O)O)cc1. The number of amides is 4. The summed E-state index contributed by atoms with van der Waals surface area (Å²) in [5.74, 6) is 3.98. The van der Waals surface area contributed by atoms with E-state index in [2.05, 4.69) is 38.2 Å². The van der Waals surface area contributed by atoms with Gasteiger partial charge in [0.15, 0.2) is 0 Å². The topological polar surface area (TPSA) is 191 Å². The third-order valence-corrected chi connectivity index (χ3v) is 6.13. The molecule has 13 nitrogen and oxygen atoms in total. The minimum absolute atomic E-state index is 0.0208. The number of urea groups is 1. The molecule has 1 atom stereocenters. The third kappa shape index (κ3) is 11.0. The third-order valence-electron chi connectivity index (χ3n) is 5.89. The molecule has 7 N–H and O–H groups in total. The van der Waals surface area contributed by atoms with Crippen molar-refractivity contribution >= 4 is 71.6 Å². The summed E-state index contributed by atoms with van der Waals surface area (Å²) in [6, 6.07) is 18.9. The molecule has 0 heterocycles. The van der Waals surface area contributed by atoms with E-state index in [0.29, 0.717) is 27.6 Å². The summed E-state index contributed by atoms with van der Waals surface area (Å²) in [6.07, 6.45) is 4.03. The highest BCUT2D eigenvalue weighted by Crippen LogP contribution is 2.24. The number of hydrogen-bond donors (Lipinski definition) is 6. The van der Waals surface area contributed by atoms with Gasteiger partial charge in [-0.25, -0.2) is 10.6 Å². The van der Waals surface area contributed by atoms with Crippen molar-refractivity contribution in [2.45, 2.75) is 18.9 Å². The lowest BCUT2D eigenvalue weighted by Crippen LogP contribution is -2.44. The molecular formula is C30H31ClN8O5. The summed E-state index contributed by atoms with van der Waals surface area (Å²) in [7, 11) is 0. The molecule has 44 heavy (non-hydrogen) atoms. The number of carboxylic acid groups (broad SMARTS) is 1. The van der Waals surface area contributed by atoms with Gasteiger partial charge < -0.3 is 26.4 Å². The average Bonchev–Trinajstić information content (AvgIpc) is 2.99. The Morgan fingerprint density at radius 1 is 1.00 bits per heavy atom. The summed E-state index contributed by atoms with van der Waals surface area (Å²) in [6.45, 7) is 3.24.